The molecule has 3 rings (SSSR count). The number of nitrogens with one attached hydrogen (secondary N) is 2. The minimum atomic E-state index is -0.782. The summed E-state index contributed by atoms with van der Waals surface area (Å²) in [5, 5.41) is 9.38. The Kier molecular flexibility index (Phi) is 5.07. The standard InChI is InChI=1S/C19H17N3O4/c1-2-12-6-5-7-13(10-12)20-16(23)11-26-19(25)17-14-8-3-4-9-15(14)18(24)22-21-17/h3-10H,2,11H2,1H3,(H,20,23)(H,22,24). The van der Waals surface area contributed by atoms with Crippen molar-refractivity contribution in [3.05, 3.63) is 70.1 Å². The number of fused-ring (bicyclic) bond motifs is 1. The summed E-state index contributed by atoms with van der Waals surface area (Å²) < 4.78 is 5.03. The van der Waals surface area contributed by atoms with E-state index in [9.17, 15) is 14.4 Å². The van der Waals surface area contributed by atoms with Crippen LogP contribution in [-0.2, 0) is 16.0 Å². The number of aromatic amines is 1. The molecule has 3 aromatic rings. The third kappa shape index (κ3) is 3.77. The van der Waals surface area contributed by atoms with Crippen LogP contribution in [0.5, 0.6) is 0 Å². The van der Waals surface area contributed by atoms with E-state index in [1.165, 1.54) is 0 Å². The number of carbonyl (C=O) groups is 2. The van der Waals surface area contributed by atoms with Crippen LogP contribution in [0.15, 0.2) is 53.3 Å². The van der Waals surface area contributed by atoms with Crippen molar-refractivity contribution < 1.29 is 14.3 Å². The normalized spacial score (nSPS) is 10.5. The van der Waals surface area contributed by atoms with E-state index in [2.05, 4.69) is 15.5 Å². The molecule has 132 valence electrons. The maximum atomic E-state index is 12.2. The SMILES string of the molecule is CCc1cccc(NC(=O)COC(=O)c2n[nH]c(=O)c3ccccc23)c1. The van der Waals surface area contributed by atoms with Crippen molar-refractivity contribution in [2.75, 3.05) is 11.9 Å². The fraction of sp³-hybridized carbons (Fsp3) is 0.158. The molecule has 0 radical (unpaired) electrons. The Balaban J connectivity index is 1.68. The van der Waals surface area contributed by atoms with Gasteiger partial charge in [-0.3, -0.25) is 9.59 Å². The number of esters is 1. The van der Waals surface area contributed by atoms with Crippen molar-refractivity contribution >= 4 is 28.3 Å². The number of ether oxygens (including phenoxy) is 1. The summed E-state index contributed by atoms with van der Waals surface area (Å²) in [7, 11) is 0. The van der Waals surface area contributed by atoms with Crippen LogP contribution in [0, 0.1) is 0 Å². The van der Waals surface area contributed by atoms with Crippen molar-refractivity contribution in [1.82, 2.24) is 10.2 Å². The number of amides is 1. The van der Waals surface area contributed by atoms with Crippen molar-refractivity contribution in [2.45, 2.75) is 13.3 Å². The molecule has 2 aromatic carbocycles. The second-order valence-corrected chi connectivity index (χ2v) is 5.63. The van der Waals surface area contributed by atoms with E-state index in [1.54, 1.807) is 30.3 Å². The first kappa shape index (κ1) is 17.3. The van der Waals surface area contributed by atoms with Crippen LogP contribution < -0.4 is 10.9 Å². The highest BCUT2D eigenvalue weighted by atomic mass is 16.5. The van der Waals surface area contributed by atoms with Gasteiger partial charge in [0.05, 0.1) is 5.39 Å². The zero-order valence-electron chi connectivity index (χ0n) is 14.1. The van der Waals surface area contributed by atoms with Gasteiger partial charge in [0.1, 0.15) is 0 Å². The molecular weight excluding hydrogens is 334 g/mol. The largest absolute Gasteiger partial charge is 0.451 e. The van der Waals surface area contributed by atoms with Gasteiger partial charge >= 0.3 is 5.97 Å². The summed E-state index contributed by atoms with van der Waals surface area (Å²) in [6.45, 7) is 1.56. The van der Waals surface area contributed by atoms with Crippen LogP contribution in [0.4, 0.5) is 5.69 Å². The highest BCUT2D eigenvalue weighted by Gasteiger charge is 2.16. The highest BCUT2D eigenvalue weighted by Crippen LogP contribution is 2.14. The average molecular weight is 351 g/mol. The second-order valence-electron chi connectivity index (χ2n) is 5.63. The van der Waals surface area contributed by atoms with Crippen LogP contribution in [-0.4, -0.2) is 28.7 Å². The number of rotatable bonds is 5. The number of anilines is 1. The first-order valence-electron chi connectivity index (χ1n) is 8.12. The summed E-state index contributed by atoms with van der Waals surface area (Å²) in [5.74, 6) is -1.24. The monoisotopic (exact) mass is 351 g/mol. The minimum absolute atomic E-state index is 0.0408. The van der Waals surface area contributed by atoms with E-state index < -0.39 is 24.0 Å². The summed E-state index contributed by atoms with van der Waals surface area (Å²) in [4.78, 5) is 36.0. The lowest BCUT2D eigenvalue weighted by Crippen LogP contribution is -2.22. The summed E-state index contributed by atoms with van der Waals surface area (Å²) >= 11 is 0. The average Bonchev–Trinajstić information content (AvgIpc) is 2.67. The molecule has 0 fully saturated rings. The lowest BCUT2D eigenvalue weighted by molar-refractivity contribution is -0.119. The number of benzene rings is 2. The Morgan fingerprint density at radius 3 is 2.65 bits per heavy atom. The van der Waals surface area contributed by atoms with E-state index in [-0.39, 0.29) is 5.69 Å². The molecule has 1 heterocycles. The quantitative estimate of drug-likeness (QED) is 0.687. The minimum Gasteiger partial charge on any atom is -0.451 e. The topological polar surface area (TPSA) is 101 Å². The van der Waals surface area contributed by atoms with Crippen LogP contribution in [0.3, 0.4) is 0 Å². The van der Waals surface area contributed by atoms with Crippen LogP contribution in [0.1, 0.15) is 23.0 Å². The number of nitrogens with zero attached hydrogens (tertiary/aromatic N) is 1. The Hall–Kier alpha value is -3.48. The molecule has 0 unspecified atom stereocenters. The lowest BCUT2D eigenvalue weighted by atomic mass is 10.1. The van der Waals surface area contributed by atoms with Gasteiger partial charge in [0.15, 0.2) is 12.3 Å². The molecule has 1 aromatic heterocycles. The molecule has 0 atom stereocenters. The van der Waals surface area contributed by atoms with Gasteiger partial charge in [-0.2, -0.15) is 5.10 Å². The number of aromatic nitrogens is 2. The maximum Gasteiger partial charge on any atom is 0.359 e. The molecular formula is C19H17N3O4. The third-order valence-electron chi connectivity index (χ3n) is 3.84. The zero-order chi connectivity index (χ0) is 18.5. The van der Waals surface area contributed by atoms with E-state index in [0.717, 1.165) is 12.0 Å². The number of hydrogen-bond donors (Lipinski definition) is 2. The molecule has 2 N–H and O–H groups in total. The summed E-state index contributed by atoms with van der Waals surface area (Å²) in [6.07, 6.45) is 0.851. The van der Waals surface area contributed by atoms with Crippen LogP contribution in [0.25, 0.3) is 10.8 Å². The highest BCUT2D eigenvalue weighted by molar-refractivity contribution is 6.03. The molecule has 7 nitrogen and oxygen atoms in total. The Labute approximate surface area is 149 Å². The van der Waals surface area contributed by atoms with Gasteiger partial charge in [0, 0.05) is 11.1 Å². The van der Waals surface area contributed by atoms with Gasteiger partial charge in [0.25, 0.3) is 11.5 Å². The Morgan fingerprint density at radius 1 is 1.12 bits per heavy atom. The molecule has 0 spiro atoms. The predicted octanol–water partition coefficient (Wildman–Crippen LogP) is 2.28. The molecule has 0 saturated carbocycles. The van der Waals surface area contributed by atoms with Gasteiger partial charge in [-0.25, -0.2) is 9.89 Å². The lowest BCUT2D eigenvalue weighted by Gasteiger charge is -2.08. The van der Waals surface area contributed by atoms with Gasteiger partial charge in [-0.05, 0) is 30.2 Å². The fourth-order valence-corrected chi connectivity index (χ4v) is 2.54. The van der Waals surface area contributed by atoms with Crippen LogP contribution in [0.2, 0.25) is 0 Å². The van der Waals surface area contributed by atoms with Gasteiger partial charge in [-0.1, -0.05) is 37.3 Å². The molecule has 0 aliphatic carbocycles. The molecule has 0 aliphatic rings. The molecule has 7 heteroatoms. The Bertz CT molecular complexity index is 1030. The first-order chi connectivity index (χ1) is 12.6. The summed E-state index contributed by atoms with van der Waals surface area (Å²) in [5.41, 5.74) is 1.29. The molecule has 1 amide bonds. The van der Waals surface area contributed by atoms with Gasteiger partial charge in [-0.15, -0.1) is 0 Å². The van der Waals surface area contributed by atoms with Crippen molar-refractivity contribution in [2.24, 2.45) is 0 Å². The van der Waals surface area contributed by atoms with Gasteiger partial charge in [0.2, 0.25) is 0 Å². The smallest absolute Gasteiger partial charge is 0.359 e. The van der Waals surface area contributed by atoms with E-state index in [1.807, 2.05) is 25.1 Å². The van der Waals surface area contributed by atoms with Gasteiger partial charge < -0.3 is 10.1 Å². The molecule has 0 saturated heterocycles. The first-order valence-corrected chi connectivity index (χ1v) is 8.12. The van der Waals surface area contributed by atoms with Crippen molar-refractivity contribution in [3.8, 4) is 0 Å². The fourth-order valence-electron chi connectivity index (χ4n) is 2.54. The molecule has 26 heavy (non-hydrogen) atoms. The number of H-pyrrole nitrogens is 1. The predicted molar refractivity (Wildman–Crippen MR) is 97.1 cm³/mol. The second kappa shape index (κ2) is 7.60. The van der Waals surface area contributed by atoms with Crippen molar-refractivity contribution in [1.29, 1.82) is 0 Å². The maximum absolute atomic E-state index is 12.2. The van der Waals surface area contributed by atoms with Crippen molar-refractivity contribution in [3.63, 3.8) is 0 Å². The zero-order valence-corrected chi connectivity index (χ0v) is 14.1. The van der Waals surface area contributed by atoms with E-state index >= 15 is 0 Å². The van der Waals surface area contributed by atoms with Crippen LogP contribution >= 0.6 is 0 Å². The summed E-state index contributed by atoms with van der Waals surface area (Å²) in [6, 6.07) is 14.0. The molecule has 0 bridgehead atoms. The van der Waals surface area contributed by atoms with E-state index in [4.69, 9.17) is 4.74 Å². The third-order valence-corrected chi connectivity index (χ3v) is 3.84. The Morgan fingerprint density at radius 2 is 1.88 bits per heavy atom. The van der Waals surface area contributed by atoms with E-state index in [0.29, 0.717) is 16.5 Å². The number of aryl methyl sites for hydroxylation is 1. The number of hydrogen-bond acceptors (Lipinski definition) is 5. The molecule has 0 aliphatic heterocycles. The number of carbonyl (C=O) groups excluding carboxylic acids is 2.